The smallest absolute Gasteiger partial charge is 0.310 e. The van der Waals surface area contributed by atoms with Gasteiger partial charge in [0.1, 0.15) is 0 Å². The van der Waals surface area contributed by atoms with Crippen molar-refractivity contribution < 1.29 is 14.7 Å². The first-order chi connectivity index (χ1) is 12.1. The van der Waals surface area contributed by atoms with Gasteiger partial charge in [0.15, 0.2) is 0 Å². The summed E-state index contributed by atoms with van der Waals surface area (Å²) >= 11 is 0. The summed E-state index contributed by atoms with van der Waals surface area (Å²) in [5, 5.41) is 12.4. The predicted molar refractivity (Wildman–Crippen MR) is 97.8 cm³/mol. The van der Waals surface area contributed by atoms with Crippen LogP contribution in [0.15, 0.2) is 54.6 Å². The molecule has 0 radical (unpaired) electrons. The van der Waals surface area contributed by atoms with Crippen molar-refractivity contribution in [2.75, 3.05) is 5.32 Å². The molecule has 1 aliphatic rings. The molecule has 2 aromatic carbocycles. The number of carboxylic acids is 1. The van der Waals surface area contributed by atoms with Crippen LogP contribution in [0.2, 0.25) is 0 Å². The third kappa shape index (κ3) is 4.47. The van der Waals surface area contributed by atoms with Crippen LogP contribution >= 0.6 is 0 Å². The van der Waals surface area contributed by atoms with Crippen molar-refractivity contribution in [1.29, 1.82) is 0 Å². The van der Waals surface area contributed by atoms with Crippen molar-refractivity contribution in [3.63, 3.8) is 0 Å². The van der Waals surface area contributed by atoms with Gasteiger partial charge in [-0.25, -0.2) is 0 Å². The first kappa shape index (κ1) is 17.2. The monoisotopic (exact) mass is 337 g/mol. The molecule has 0 heterocycles. The fraction of sp³-hybridized carbons (Fsp3) is 0.333. The van der Waals surface area contributed by atoms with Crippen LogP contribution < -0.4 is 5.32 Å². The second-order valence-electron chi connectivity index (χ2n) is 6.72. The average Bonchev–Trinajstić information content (AvgIpc) is 3.14. The Labute approximate surface area is 147 Å². The van der Waals surface area contributed by atoms with Gasteiger partial charge in [0.25, 0.3) is 5.91 Å². The second kappa shape index (κ2) is 7.97. The van der Waals surface area contributed by atoms with Crippen molar-refractivity contribution in [1.82, 2.24) is 0 Å². The van der Waals surface area contributed by atoms with E-state index in [1.54, 1.807) is 24.3 Å². The first-order valence-corrected chi connectivity index (χ1v) is 8.82. The minimum atomic E-state index is -0.770. The highest BCUT2D eigenvalue weighted by Gasteiger charge is 2.26. The van der Waals surface area contributed by atoms with E-state index in [9.17, 15) is 14.7 Å². The molecule has 25 heavy (non-hydrogen) atoms. The molecule has 1 atom stereocenters. The molecule has 130 valence electrons. The van der Waals surface area contributed by atoms with E-state index in [0.29, 0.717) is 23.6 Å². The van der Waals surface area contributed by atoms with Crippen molar-refractivity contribution in [3.8, 4) is 0 Å². The number of aliphatic carboxylic acids is 1. The van der Waals surface area contributed by atoms with Crippen LogP contribution in [-0.2, 0) is 4.79 Å². The Kier molecular flexibility index (Phi) is 5.49. The molecule has 0 bridgehead atoms. The third-order valence-corrected chi connectivity index (χ3v) is 4.95. The lowest BCUT2D eigenvalue weighted by Crippen LogP contribution is -2.15. The third-order valence-electron chi connectivity index (χ3n) is 4.95. The molecule has 1 unspecified atom stereocenters. The van der Waals surface area contributed by atoms with E-state index in [4.69, 9.17) is 0 Å². The van der Waals surface area contributed by atoms with Crippen molar-refractivity contribution in [3.05, 3.63) is 65.7 Å². The lowest BCUT2D eigenvalue weighted by Gasteiger charge is -2.17. The largest absolute Gasteiger partial charge is 0.481 e. The summed E-state index contributed by atoms with van der Waals surface area (Å²) in [5.74, 6) is -0.900. The molecule has 3 rings (SSSR count). The molecule has 4 heteroatoms. The normalized spacial score (nSPS) is 15.7. The van der Waals surface area contributed by atoms with E-state index >= 15 is 0 Å². The van der Waals surface area contributed by atoms with Gasteiger partial charge in [0, 0.05) is 11.3 Å². The summed E-state index contributed by atoms with van der Waals surface area (Å²) in [6.07, 6.45) is 5.39. The summed E-state index contributed by atoms with van der Waals surface area (Å²) in [7, 11) is 0. The summed E-state index contributed by atoms with van der Waals surface area (Å²) in [6.45, 7) is 0. The lowest BCUT2D eigenvalue weighted by molar-refractivity contribution is -0.139. The zero-order chi connectivity index (χ0) is 17.6. The number of carbonyl (C=O) groups is 2. The molecular formula is C21H23NO3. The highest BCUT2D eigenvalue weighted by atomic mass is 16.4. The molecular weight excluding hydrogens is 314 g/mol. The van der Waals surface area contributed by atoms with E-state index in [1.807, 2.05) is 30.3 Å². The van der Waals surface area contributed by atoms with Crippen LogP contribution in [0.1, 0.15) is 53.9 Å². The van der Waals surface area contributed by atoms with Crippen LogP contribution in [0.3, 0.4) is 0 Å². The lowest BCUT2D eigenvalue weighted by atomic mass is 9.88. The maximum Gasteiger partial charge on any atom is 0.310 e. The molecule has 0 aromatic heterocycles. The van der Waals surface area contributed by atoms with Crippen LogP contribution in [-0.4, -0.2) is 17.0 Å². The van der Waals surface area contributed by atoms with Crippen molar-refractivity contribution >= 4 is 17.6 Å². The topological polar surface area (TPSA) is 66.4 Å². The molecule has 2 N–H and O–H groups in total. The zero-order valence-electron chi connectivity index (χ0n) is 14.2. The van der Waals surface area contributed by atoms with E-state index in [0.717, 1.165) is 18.4 Å². The summed E-state index contributed by atoms with van der Waals surface area (Å²) < 4.78 is 0. The van der Waals surface area contributed by atoms with Crippen LogP contribution in [0, 0.1) is 5.92 Å². The Hall–Kier alpha value is -2.62. The minimum Gasteiger partial charge on any atom is -0.481 e. The molecule has 0 spiro atoms. The maximum absolute atomic E-state index is 12.2. The second-order valence-corrected chi connectivity index (χ2v) is 6.72. The fourth-order valence-electron chi connectivity index (χ4n) is 3.55. The Bertz CT molecular complexity index is 719. The van der Waals surface area contributed by atoms with E-state index in [1.165, 1.54) is 12.8 Å². The number of anilines is 1. The van der Waals surface area contributed by atoms with Crippen molar-refractivity contribution in [2.24, 2.45) is 5.92 Å². The highest BCUT2D eigenvalue weighted by Crippen LogP contribution is 2.34. The molecule has 1 aliphatic carbocycles. The number of carboxylic acid groups (broad SMARTS) is 1. The van der Waals surface area contributed by atoms with Gasteiger partial charge in [-0.05, 0) is 42.2 Å². The number of hydrogen-bond acceptors (Lipinski definition) is 2. The zero-order valence-corrected chi connectivity index (χ0v) is 14.2. The molecule has 0 saturated heterocycles. The molecule has 1 saturated carbocycles. The summed E-state index contributed by atoms with van der Waals surface area (Å²) in [6, 6.07) is 16.2. The standard InChI is InChI=1S/C21H23NO3/c23-20(17-8-2-1-3-9-17)22-18-12-10-16(11-13-18)19(21(24)25)14-15-6-4-5-7-15/h1-3,8-13,15,19H,4-7,14H2,(H,22,23)(H,24,25). The van der Waals surface area contributed by atoms with E-state index < -0.39 is 11.9 Å². The average molecular weight is 337 g/mol. The molecule has 4 nitrogen and oxygen atoms in total. The molecule has 2 aromatic rings. The molecule has 1 fully saturated rings. The van der Waals surface area contributed by atoms with Gasteiger partial charge in [-0.2, -0.15) is 0 Å². The van der Waals surface area contributed by atoms with E-state index in [2.05, 4.69) is 5.32 Å². The van der Waals surface area contributed by atoms with Gasteiger partial charge in [-0.3, -0.25) is 9.59 Å². The van der Waals surface area contributed by atoms with Gasteiger partial charge in [0.2, 0.25) is 0 Å². The summed E-state index contributed by atoms with van der Waals surface area (Å²) in [4.78, 5) is 23.8. The van der Waals surface area contributed by atoms with Crippen molar-refractivity contribution in [2.45, 2.75) is 38.0 Å². The van der Waals surface area contributed by atoms with Gasteiger partial charge < -0.3 is 10.4 Å². The Morgan fingerprint density at radius 2 is 1.64 bits per heavy atom. The SMILES string of the molecule is O=C(Nc1ccc(C(CC2CCCC2)C(=O)O)cc1)c1ccccc1. The van der Waals surface area contributed by atoms with Gasteiger partial charge in [-0.1, -0.05) is 56.0 Å². The number of hydrogen-bond donors (Lipinski definition) is 2. The predicted octanol–water partition coefficient (Wildman–Crippen LogP) is 4.69. The number of nitrogens with one attached hydrogen (secondary N) is 1. The highest BCUT2D eigenvalue weighted by molar-refractivity contribution is 6.04. The number of carbonyl (C=O) groups excluding carboxylic acids is 1. The van der Waals surface area contributed by atoms with Crippen LogP contribution in [0.25, 0.3) is 0 Å². The Morgan fingerprint density at radius 1 is 1.00 bits per heavy atom. The maximum atomic E-state index is 12.2. The quantitative estimate of drug-likeness (QED) is 0.804. The van der Waals surface area contributed by atoms with Gasteiger partial charge in [0.05, 0.1) is 5.92 Å². The fourth-order valence-corrected chi connectivity index (χ4v) is 3.55. The van der Waals surface area contributed by atoms with Gasteiger partial charge in [-0.15, -0.1) is 0 Å². The van der Waals surface area contributed by atoms with Crippen LogP contribution in [0.5, 0.6) is 0 Å². The number of benzene rings is 2. The molecule has 1 amide bonds. The minimum absolute atomic E-state index is 0.172. The van der Waals surface area contributed by atoms with Gasteiger partial charge >= 0.3 is 5.97 Å². The molecule has 0 aliphatic heterocycles. The Morgan fingerprint density at radius 3 is 2.24 bits per heavy atom. The number of amides is 1. The number of rotatable bonds is 6. The van der Waals surface area contributed by atoms with Crippen LogP contribution in [0.4, 0.5) is 5.69 Å². The Balaban J connectivity index is 1.67. The summed E-state index contributed by atoms with van der Waals surface area (Å²) in [5.41, 5.74) is 2.07. The first-order valence-electron chi connectivity index (χ1n) is 8.82. The van der Waals surface area contributed by atoms with E-state index in [-0.39, 0.29) is 5.91 Å².